The molecule has 35 heavy (non-hydrogen) atoms. The highest BCUT2D eigenvalue weighted by molar-refractivity contribution is 5.42. The molecule has 0 aliphatic rings. The summed E-state index contributed by atoms with van der Waals surface area (Å²) in [6.07, 6.45) is 0. The van der Waals surface area contributed by atoms with Crippen molar-refractivity contribution in [2.75, 3.05) is 11.5 Å². The summed E-state index contributed by atoms with van der Waals surface area (Å²) in [7, 11) is 0. The Kier molecular flexibility index (Phi) is 6.51. The molecule has 0 saturated heterocycles. The van der Waals surface area contributed by atoms with Crippen LogP contribution >= 0.6 is 0 Å². The Labute approximate surface area is 186 Å². The number of alkyl halides is 14. The second-order valence-corrected chi connectivity index (χ2v) is 7.26. The van der Waals surface area contributed by atoms with Crippen molar-refractivity contribution in [2.45, 2.75) is 41.5 Å². The Hall–Kier alpha value is -2.94. The van der Waals surface area contributed by atoms with Gasteiger partial charge in [-0.2, -0.15) is 61.5 Å². The number of halogens is 14. The molecule has 0 saturated carbocycles. The van der Waals surface area contributed by atoms with E-state index < -0.39 is 64.0 Å². The second-order valence-electron chi connectivity index (χ2n) is 7.26. The Morgan fingerprint density at radius 1 is 0.343 bits per heavy atom. The standard InChI is InChI=1S/C19H12F14N2/c20-13(21,9-1-5-11(34)6-2-9)15(24,25)17(28,29)19(32,33)18(30,31)16(26,27)14(22,23)10-3-7-12(35)8-4-10/h1-8H,34-35H2. The third kappa shape index (κ3) is 3.80. The van der Waals surface area contributed by atoms with Gasteiger partial charge in [-0.05, 0) is 24.3 Å². The number of benzene rings is 2. The third-order valence-electron chi connectivity index (χ3n) is 4.91. The number of nitrogens with two attached hydrogens (primary N) is 2. The molecule has 0 aliphatic carbocycles. The molecule has 2 nitrogen and oxygen atoms in total. The molecule has 2 rings (SSSR count). The highest BCUT2D eigenvalue weighted by atomic mass is 19.4. The molecule has 0 heterocycles. The van der Waals surface area contributed by atoms with E-state index in [2.05, 4.69) is 0 Å². The van der Waals surface area contributed by atoms with Crippen LogP contribution in [0.2, 0.25) is 0 Å². The molecule has 0 amide bonds. The van der Waals surface area contributed by atoms with E-state index >= 15 is 0 Å². The summed E-state index contributed by atoms with van der Waals surface area (Å²) in [5, 5.41) is 0. The maximum atomic E-state index is 14.1. The predicted octanol–water partition coefficient (Wildman–Crippen LogP) is 6.91. The second kappa shape index (κ2) is 8.05. The Balaban J connectivity index is 2.63. The van der Waals surface area contributed by atoms with Crippen molar-refractivity contribution in [2.24, 2.45) is 0 Å². The Morgan fingerprint density at radius 3 is 0.771 bits per heavy atom. The minimum absolute atomic E-state index is 0.0561. The summed E-state index contributed by atoms with van der Waals surface area (Å²) in [5.74, 6) is -52.0. The lowest BCUT2D eigenvalue weighted by atomic mass is 9.86. The van der Waals surface area contributed by atoms with Crippen LogP contribution in [0, 0.1) is 0 Å². The van der Waals surface area contributed by atoms with Gasteiger partial charge in [-0.25, -0.2) is 0 Å². The lowest BCUT2D eigenvalue weighted by Gasteiger charge is -2.42. The molecule has 16 heteroatoms. The maximum absolute atomic E-state index is 14.1. The number of anilines is 2. The van der Waals surface area contributed by atoms with Crippen LogP contribution in [-0.2, 0) is 11.8 Å². The molecule has 0 spiro atoms. The van der Waals surface area contributed by atoms with Crippen molar-refractivity contribution in [3.8, 4) is 0 Å². The normalized spacial score (nSPS) is 14.8. The number of rotatable bonds is 8. The van der Waals surface area contributed by atoms with Gasteiger partial charge in [-0.3, -0.25) is 0 Å². The van der Waals surface area contributed by atoms with Crippen molar-refractivity contribution >= 4 is 11.4 Å². The van der Waals surface area contributed by atoms with Crippen LogP contribution in [0.1, 0.15) is 11.1 Å². The van der Waals surface area contributed by atoms with E-state index in [0.717, 1.165) is 0 Å². The SMILES string of the molecule is Nc1ccc(C(F)(F)C(F)(F)C(F)(F)C(F)(F)C(F)(F)C(F)(F)C(F)(F)c2ccc(N)cc2)cc1. The fourth-order valence-electron chi connectivity index (χ4n) is 2.73. The van der Waals surface area contributed by atoms with Crippen LogP contribution in [0.15, 0.2) is 48.5 Å². The van der Waals surface area contributed by atoms with Crippen LogP contribution < -0.4 is 11.5 Å². The number of nitrogen functional groups attached to an aromatic ring is 2. The van der Waals surface area contributed by atoms with Gasteiger partial charge in [-0.1, -0.05) is 24.3 Å². The molecular formula is C19H12F14N2. The third-order valence-corrected chi connectivity index (χ3v) is 4.91. The predicted molar refractivity (Wildman–Crippen MR) is 94.2 cm³/mol. The van der Waals surface area contributed by atoms with Crippen molar-refractivity contribution < 1.29 is 61.5 Å². The van der Waals surface area contributed by atoms with E-state index in [4.69, 9.17) is 11.5 Å². The maximum Gasteiger partial charge on any atom is 0.385 e. The van der Waals surface area contributed by atoms with E-state index in [1.165, 1.54) is 0 Å². The zero-order valence-corrected chi connectivity index (χ0v) is 16.6. The van der Waals surface area contributed by atoms with E-state index in [1.807, 2.05) is 0 Å². The Morgan fingerprint density at radius 2 is 0.543 bits per heavy atom. The zero-order chi connectivity index (χ0) is 27.5. The van der Waals surface area contributed by atoms with E-state index in [0.29, 0.717) is 24.3 Å². The molecule has 2 aromatic carbocycles. The summed E-state index contributed by atoms with van der Waals surface area (Å²) >= 11 is 0. The van der Waals surface area contributed by atoms with Crippen LogP contribution in [0.5, 0.6) is 0 Å². The molecule has 0 unspecified atom stereocenters. The molecule has 196 valence electrons. The molecule has 4 N–H and O–H groups in total. The van der Waals surface area contributed by atoms with Gasteiger partial charge in [-0.15, -0.1) is 0 Å². The first kappa shape index (κ1) is 28.3. The summed E-state index contributed by atoms with van der Waals surface area (Å²) in [6, 6.07) is 1.46. The highest BCUT2D eigenvalue weighted by Gasteiger charge is 2.92. The van der Waals surface area contributed by atoms with Crippen molar-refractivity contribution in [3.63, 3.8) is 0 Å². The summed E-state index contributed by atoms with van der Waals surface area (Å²) in [4.78, 5) is 0. The minimum atomic E-state index is -8.15. The zero-order valence-electron chi connectivity index (χ0n) is 16.6. The number of hydrogen-bond donors (Lipinski definition) is 2. The average Bonchev–Trinajstić information content (AvgIpc) is 2.73. The monoisotopic (exact) mass is 534 g/mol. The first-order valence-electron chi connectivity index (χ1n) is 8.87. The largest absolute Gasteiger partial charge is 0.399 e. The summed E-state index contributed by atoms with van der Waals surface area (Å²) in [6.45, 7) is 0. The van der Waals surface area contributed by atoms with Gasteiger partial charge in [0.05, 0.1) is 0 Å². The van der Waals surface area contributed by atoms with Gasteiger partial charge in [0.15, 0.2) is 0 Å². The fourth-order valence-corrected chi connectivity index (χ4v) is 2.73. The van der Waals surface area contributed by atoms with E-state index in [-0.39, 0.29) is 24.3 Å². The van der Waals surface area contributed by atoms with Gasteiger partial charge in [0, 0.05) is 22.5 Å². The van der Waals surface area contributed by atoms with Gasteiger partial charge in [0.25, 0.3) is 0 Å². The molecule has 0 aromatic heterocycles. The fraction of sp³-hybridized carbons (Fsp3) is 0.368. The lowest BCUT2D eigenvalue weighted by Crippen LogP contribution is -2.72. The van der Waals surface area contributed by atoms with Crippen LogP contribution in [0.3, 0.4) is 0 Å². The van der Waals surface area contributed by atoms with Crippen molar-refractivity contribution in [1.29, 1.82) is 0 Å². The van der Waals surface area contributed by atoms with Gasteiger partial charge < -0.3 is 11.5 Å². The molecule has 0 bridgehead atoms. The minimum Gasteiger partial charge on any atom is -0.399 e. The first-order valence-corrected chi connectivity index (χ1v) is 8.87. The quantitative estimate of drug-likeness (QED) is 0.286. The first-order chi connectivity index (χ1) is 15.5. The van der Waals surface area contributed by atoms with Crippen LogP contribution in [0.25, 0.3) is 0 Å². The van der Waals surface area contributed by atoms with E-state index in [9.17, 15) is 61.5 Å². The van der Waals surface area contributed by atoms with Crippen LogP contribution in [0.4, 0.5) is 72.8 Å². The summed E-state index contributed by atoms with van der Waals surface area (Å²) in [5.41, 5.74) is 5.06. The van der Waals surface area contributed by atoms with E-state index in [1.54, 1.807) is 0 Å². The van der Waals surface area contributed by atoms with Gasteiger partial charge in [0.1, 0.15) is 0 Å². The number of hydrogen-bond acceptors (Lipinski definition) is 2. The summed E-state index contributed by atoms with van der Waals surface area (Å²) < 4.78 is 197. The molecule has 0 atom stereocenters. The Bertz CT molecular complexity index is 963. The lowest BCUT2D eigenvalue weighted by molar-refractivity contribution is -0.444. The van der Waals surface area contributed by atoms with Crippen molar-refractivity contribution in [1.82, 2.24) is 0 Å². The van der Waals surface area contributed by atoms with Crippen molar-refractivity contribution in [3.05, 3.63) is 59.7 Å². The molecule has 0 aliphatic heterocycles. The van der Waals surface area contributed by atoms with Gasteiger partial charge in [0.2, 0.25) is 0 Å². The highest BCUT2D eigenvalue weighted by Crippen LogP contribution is 2.64. The molecular weight excluding hydrogens is 522 g/mol. The molecule has 2 aromatic rings. The van der Waals surface area contributed by atoms with Gasteiger partial charge >= 0.3 is 41.5 Å². The smallest absolute Gasteiger partial charge is 0.385 e. The molecule has 0 radical (unpaired) electrons. The molecule has 0 fully saturated rings. The topological polar surface area (TPSA) is 52.0 Å². The van der Waals surface area contributed by atoms with Crippen LogP contribution in [-0.4, -0.2) is 29.6 Å². The average molecular weight is 534 g/mol.